The lowest BCUT2D eigenvalue weighted by molar-refractivity contribution is -0.128. The second-order valence-electron chi connectivity index (χ2n) is 5.50. The fraction of sp³-hybridized carbons (Fsp3) is 0.222. The van der Waals surface area contributed by atoms with Crippen molar-refractivity contribution in [2.45, 2.75) is 26.9 Å². The Morgan fingerprint density at radius 2 is 1.80 bits per heavy atom. The van der Waals surface area contributed by atoms with E-state index in [4.69, 9.17) is 16.3 Å². The van der Waals surface area contributed by atoms with Gasteiger partial charge in [-0.15, -0.1) is 0 Å². The third-order valence-electron chi connectivity index (χ3n) is 3.72. The quantitative estimate of drug-likeness (QED) is 0.818. The number of hydrazine groups is 1. The zero-order valence-electron chi connectivity index (χ0n) is 14.0. The van der Waals surface area contributed by atoms with Gasteiger partial charge >= 0.3 is 0 Å². The summed E-state index contributed by atoms with van der Waals surface area (Å²) in [5, 5.41) is -0.0496. The number of ether oxygens (including phenoxy) is 1. The molecule has 0 heterocycles. The summed E-state index contributed by atoms with van der Waals surface area (Å²) in [7, 11) is 0. The van der Waals surface area contributed by atoms with Gasteiger partial charge in [-0.3, -0.25) is 20.4 Å². The van der Waals surface area contributed by atoms with E-state index in [-0.39, 0.29) is 10.6 Å². The minimum atomic E-state index is -0.864. The molecule has 0 spiro atoms. The van der Waals surface area contributed by atoms with Gasteiger partial charge in [0.2, 0.25) is 0 Å². The summed E-state index contributed by atoms with van der Waals surface area (Å²) < 4.78 is 19.3. The molecule has 0 fully saturated rings. The lowest BCUT2D eigenvalue weighted by atomic mass is 10.1. The van der Waals surface area contributed by atoms with E-state index in [1.54, 1.807) is 13.0 Å². The first-order valence-corrected chi connectivity index (χ1v) is 7.96. The number of hydrogen-bond donors (Lipinski definition) is 2. The number of halogens is 2. The van der Waals surface area contributed by atoms with Crippen LogP contribution in [-0.2, 0) is 4.79 Å². The van der Waals surface area contributed by atoms with E-state index in [2.05, 4.69) is 10.9 Å². The van der Waals surface area contributed by atoms with E-state index in [9.17, 15) is 14.0 Å². The Kier molecular flexibility index (Phi) is 5.98. The maximum atomic E-state index is 13.7. The van der Waals surface area contributed by atoms with Crippen LogP contribution in [0.1, 0.15) is 28.4 Å². The van der Waals surface area contributed by atoms with Crippen molar-refractivity contribution in [3.63, 3.8) is 0 Å². The molecular formula is C18H18ClFN2O3. The van der Waals surface area contributed by atoms with Crippen LogP contribution in [0.3, 0.4) is 0 Å². The van der Waals surface area contributed by atoms with E-state index in [1.807, 2.05) is 26.0 Å². The molecule has 25 heavy (non-hydrogen) atoms. The van der Waals surface area contributed by atoms with E-state index >= 15 is 0 Å². The third-order valence-corrected chi connectivity index (χ3v) is 4.03. The first-order valence-electron chi connectivity index (χ1n) is 7.58. The molecular weight excluding hydrogens is 347 g/mol. The summed E-state index contributed by atoms with van der Waals surface area (Å²) >= 11 is 5.80. The summed E-state index contributed by atoms with van der Waals surface area (Å²) in [4.78, 5) is 24.1. The number of carbonyl (C=O) groups excluding carboxylic acids is 2. The van der Waals surface area contributed by atoms with Crippen LogP contribution in [0.4, 0.5) is 4.39 Å². The van der Waals surface area contributed by atoms with Crippen molar-refractivity contribution in [3.8, 4) is 5.75 Å². The van der Waals surface area contributed by atoms with Crippen molar-refractivity contribution in [1.82, 2.24) is 10.9 Å². The van der Waals surface area contributed by atoms with Gasteiger partial charge in [0.1, 0.15) is 11.6 Å². The number of aryl methyl sites for hydroxylation is 1. The zero-order chi connectivity index (χ0) is 18.6. The Labute approximate surface area is 150 Å². The average molecular weight is 365 g/mol. The Morgan fingerprint density at radius 1 is 1.12 bits per heavy atom. The molecule has 2 rings (SSSR count). The standard InChI is InChI=1S/C18H18ClFN2O3/c1-10-6-4-9-15(11(10)2)25-12(3)17(23)21-22-18(24)16-13(19)7-5-8-14(16)20/h4-9,12H,1-3H3,(H,21,23)(H,22,24). The van der Waals surface area contributed by atoms with Gasteiger partial charge in [0.05, 0.1) is 10.6 Å². The third kappa shape index (κ3) is 4.48. The van der Waals surface area contributed by atoms with Crippen molar-refractivity contribution in [3.05, 3.63) is 63.9 Å². The van der Waals surface area contributed by atoms with Crippen molar-refractivity contribution < 1.29 is 18.7 Å². The Bertz CT molecular complexity index is 791. The van der Waals surface area contributed by atoms with Crippen molar-refractivity contribution in [2.24, 2.45) is 0 Å². The Hall–Kier alpha value is -2.60. The molecule has 5 nitrogen and oxygen atoms in total. The molecule has 0 bridgehead atoms. The van der Waals surface area contributed by atoms with Crippen LogP contribution in [0.5, 0.6) is 5.75 Å². The predicted molar refractivity (Wildman–Crippen MR) is 93.0 cm³/mol. The van der Waals surface area contributed by atoms with Crippen LogP contribution in [0.25, 0.3) is 0 Å². The molecule has 0 aliphatic heterocycles. The van der Waals surface area contributed by atoms with Gasteiger partial charge in [0, 0.05) is 0 Å². The molecule has 2 aromatic carbocycles. The van der Waals surface area contributed by atoms with E-state index in [1.165, 1.54) is 12.1 Å². The smallest absolute Gasteiger partial charge is 0.279 e. The number of amides is 2. The summed E-state index contributed by atoms with van der Waals surface area (Å²) in [6, 6.07) is 9.38. The summed E-state index contributed by atoms with van der Waals surface area (Å²) in [5.41, 5.74) is 5.95. The fourth-order valence-corrected chi connectivity index (χ4v) is 2.34. The van der Waals surface area contributed by atoms with Gasteiger partial charge in [0.25, 0.3) is 11.8 Å². The maximum Gasteiger partial charge on any atom is 0.279 e. The van der Waals surface area contributed by atoms with Crippen molar-refractivity contribution in [1.29, 1.82) is 0 Å². The highest BCUT2D eigenvalue weighted by molar-refractivity contribution is 6.33. The van der Waals surface area contributed by atoms with Crippen LogP contribution >= 0.6 is 11.6 Å². The zero-order valence-corrected chi connectivity index (χ0v) is 14.8. The SMILES string of the molecule is Cc1cccc(OC(C)C(=O)NNC(=O)c2c(F)cccc2Cl)c1C. The predicted octanol–water partition coefficient (Wildman–Crippen LogP) is 3.32. The van der Waals surface area contributed by atoms with Gasteiger partial charge in [-0.05, 0) is 50.1 Å². The molecule has 0 aliphatic carbocycles. The largest absolute Gasteiger partial charge is 0.481 e. The first-order chi connectivity index (χ1) is 11.8. The van der Waals surface area contributed by atoms with Gasteiger partial charge in [0.15, 0.2) is 6.10 Å². The van der Waals surface area contributed by atoms with Crippen LogP contribution in [0, 0.1) is 19.7 Å². The number of hydrogen-bond acceptors (Lipinski definition) is 3. The van der Waals surface area contributed by atoms with Crippen LogP contribution in [-0.4, -0.2) is 17.9 Å². The van der Waals surface area contributed by atoms with E-state index < -0.39 is 23.7 Å². The first kappa shape index (κ1) is 18.7. The lowest BCUT2D eigenvalue weighted by Crippen LogP contribution is -2.47. The molecule has 7 heteroatoms. The molecule has 132 valence electrons. The molecule has 0 aromatic heterocycles. The minimum absolute atomic E-state index is 0.0496. The monoisotopic (exact) mass is 364 g/mol. The molecule has 2 aromatic rings. The normalized spacial score (nSPS) is 11.6. The molecule has 2 amide bonds. The molecule has 1 atom stereocenters. The van der Waals surface area contributed by atoms with Crippen LogP contribution in [0.2, 0.25) is 5.02 Å². The highest BCUT2D eigenvalue weighted by Gasteiger charge is 2.19. The maximum absolute atomic E-state index is 13.7. The second-order valence-corrected chi connectivity index (χ2v) is 5.91. The molecule has 0 radical (unpaired) electrons. The number of rotatable bonds is 4. The Morgan fingerprint density at radius 3 is 2.48 bits per heavy atom. The van der Waals surface area contributed by atoms with E-state index in [0.29, 0.717) is 5.75 Å². The van der Waals surface area contributed by atoms with Crippen molar-refractivity contribution >= 4 is 23.4 Å². The summed E-state index contributed by atoms with van der Waals surface area (Å²) in [6.07, 6.45) is -0.864. The van der Waals surface area contributed by atoms with Gasteiger partial charge in [-0.25, -0.2) is 4.39 Å². The number of benzene rings is 2. The lowest BCUT2D eigenvalue weighted by Gasteiger charge is -2.17. The van der Waals surface area contributed by atoms with E-state index in [0.717, 1.165) is 17.2 Å². The molecule has 0 aliphatic rings. The number of nitrogens with one attached hydrogen (secondary N) is 2. The summed E-state index contributed by atoms with van der Waals surface area (Å²) in [6.45, 7) is 5.36. The minimum Gasteiger partial charge on any atom is -0.481 e. The van der Waals surface area contributed by atoms with Crippen LogP contribution in [0.15, 0.2) is 36.4 Å². The van der Waals surface area contributed by atoms with Gasteiger partial charge in [-0.2, -0.15) is 0 Å². The van der Waals surface area contributed by atoms with Crippen molar-refractivity contribution in [2.75, 3.05) is 0 Å². The summed E-state index contributed by atoms with van der Waals surface area (Å²) in [5.74, 6) is -1.64. The molecule has 0 saturated carbocycles. The number of carbonyl (C=O) groups is 2. The molecule has 1 unspecified atom stereocenters. The highest BCUT2D eigenvalue weighted by atomic mass is 35.5. The molecule has 0 saturated heterocycles. The highest BCUT2D eigenvalue weighted by Crippen LogP contribution is 2.22. The van der Waals surface area contributed by atoms with Crippen LogP contribution < -0.4 is 15.6 Å². The second kappa shape index (κ2) is 7.98. The fourth-order valence-electron chi connectivity index (χ4n) is 2.09. The average Bonchev–Trinajstić information content (AvgIpc) is 2.56. The molecule has 2 N–H and O–H groups in total. The Balaban J connectivity index is 1.97. The van der Waals surface area contributed by atoms with Gasteiger partial charge in [-0.1, -0.05) is 29.8 Å². The topological polar surface area (TPSA) is 67.4 Å². The van der Waals surface area contributed by atoms with Gasteiger partial charge < -0.3 is 4.74 Å².